The Labute approximate surface area is 280 Å². The molecule has 2 atom stereocenters. The summed E-state index contributed by atoms with van der Waals surface area (Å²) in [6.45, 7) is 17.5. The molecule has 0 aromatic heterocycles. The summed E-state index contributed by atoms with van der Waals surface area (Å²) in [5.74, 6) is 0.838. The number of carbonyl (C=O) groups excluding carboxylic acids is 2. The van der Waals surface area contributed by atoms with Crippen molar-refractivity contribution in [2.24, 2.45) is 22.5 Å². The molecule has 252 valence electrons. The van der Waals surface area contributed by atoms with Gasteiger partial charge in [0.15, 0.2) is 0 Å². The molecule has 2 unspecified atom stereocenters. The lowest BCUT2D eigenvalue weighted by atomic mass is 9.69. The van der Waals surface area contributed by atoms with Crippen LogP contribution in [-0.2, 0) is 4.79 Å². The summed E-state index contributed by atoms with van der Waals surface area (Å²) in [7, 11) is 0. The van der Waals surface area contributed by atoms with E-state index in [2.05, 4.69) is 57.1 Å². The Balaban J connectivity index is 1.75. The number of ether oxygens (including phenoxy) is 1. The first-order valence-electron chi connectivity index (χ1n) is 16.7. The van der Waals surface area contributed by atoms with Gasteiger partial charge >= 0.3 is 0 Å². The van der Waals surface area contributed by atoms with Crippen LogP contribution in [0.1, 0.15) is 127 Å². The minimum atomic E-state index is -0.537. The molecule has 0 radical (unpaired) electrons. The number of nitrogens with zero attached hydrogens (tertiary/aromatic N) is 1. The van der Waals surface area contributed by atoms with Gasteiger partial charge in [0, 0.05) is 5.56 Å². The van der Waals surface area contributed by atoms with Crippen LogP contribution in [0.2, 0.25) is 5.02 Å². The molecule has 1 spiro atoms. The minimum absolute atomic E-state index is 0.00317. The van der Waals surface area contributed by atoms with Gasteiger partial charge in [0.05, 0.1) is 29.4 Å². The van der Waals surface area contributed by atoms with Crippen LogP contribution >= 0.6 is 11.6 Å². The van der Waals surface area contributed by atoms with E-state index in [0.29, 0.717) is 22.3 Å². The highest BCUT2D eigenvalue weighted by Gasteiger charge is 2.55. The molecule has 8 nitrogen and oxygen atoms in total. The molecule has 2 aromatic rings. The molecule has 1 aliphatic carbocycles. The van der Waals surface area contributed by atoms with Crippen LogP contribution in [0.5, 0.6) is 5.75 Å². The third-order valence-corrected chi connectivity index (χ3v) is 9.82. The molecule has 1 saturated heterocycles. The molecule has 2 fully saturated rings. The van der Waals surface area contributed by atoms with Crippen molar-refractivity contribution in [2.75, 3.05) is 6.54 Å². The number of carbonyl (C=O) groups is 2. The summed E-state index contributed by atoms with van der Waals surface area (Å²) in [6, 6.07) is 12.5. The van der Waals surface area contributed by atoms with Crippen LogP contribution < -0.4 is 21.1 Å². The highest BCUT2D eigenvalue weighted by atomic mass is 35.5. The molecular weight excluding hydrogens is 598 g/mol. The van der Waals surface area contributed by atoms with Gasteiger partial charge in [-0.25, -0.2) is 0 Å². The Kier molecular flexibility index (Phi) is 10.8. The highest BCUT2D eigenvalue weighted by molar-refractivity contribution is 6.32. The largest absolute Gasteiger partial charge is 0.489 e. The van der Waals surface area contributed by atoms with Crippen molar-refractivity contribution < 1.29 is 14.3 Å². The third-order valence-electron chi connectivity index (χ3n) is 9.52. The van der Waals surface area contributed by atoms with Crippen LogP contribution in [-0.4, -0.2) is 40.9 Å². The smallest absolute Gasteiger partial charge is 0.251 e. The zero-order valence-corrected chi connectivity index (χ0v) is 29.7. The standard InChI is InChI=1S/C37H54ClN5O3/c1-23(2)46-30-14-13-26(21-28(30)38)32-34(45)43(37(42-32)19-15-27(16-20-37)36(6,7)8)29(17-18-35(3,4)5)24-9-11-25(12-10-24)33(44)41-22-31(39)40/h9-14,21,23,27,29,32,42H,15-20,22H2,1-8H3,(H3,39,40)(H,41,44). The number of amidine groups is 1. The Morgan fingerprint density at radius 1 is 1.11 bits per heavy atom. The van der Waals surface area contributed by atoms with Gasteiger partial charge in [-0.2, -0.15) is 0 Å². The Morgan fingerprint density at radius 2 is 1.74 bits per heavy atom. The lowest BCUT2D eigenvalue weighted by Crippen LogP contribution is -2.56. The first-order chi connectivity index (χ1) is 21.4. The number of nitrogens with one attached hydrogen (secondary N) is 3. The molecule has 1 saturated carbocycles. The van der Waals surface area contributed by atoms with Crippen LogP contribution in [0.25, 0.3) is 0 Å². The second-order valence-corrected chi connectivity index (χ2v) is 16.2. The molecule has 2 aromatic carbocycles. The Hall–Kier alpha value is -3.10. The Morgan fingerprint density at radius 3 is 2.26 bits per heavy atom. The fraction of sp³-hybridized carbons (Fsp3) is 0.595. The predicted octanol–water partition coefficient (Wildman–Crippen LogP) is 7.77. The normalized spacial score (nSPS) is 22.7. The summed E-state index contributed by atoms with van der Waals surface area (Å²) >= 11 is 6.69. The van der Waals surface area contributed by atoms with Crippen molar-refractivity contribution in [3.63, 3.8) is 0 Å². The van der Waals surface area contributed by atoms with Gasteiger partial charge in [0.2, 0.25) is 5.91 Å². The predicted molar refractivity (Wildman–Crippen MR) is 186 cm³/mol. The van der Waals surface area contributed by atoms with E-state index in [4.69, 9.17) is 27.5 Å². The van der Waals surface area contributed by atoms with Gasteiger partial charge in [-0.3, -0.25) is 20.3 Å². The van der Waals surface area contributed by atoms with Gasteiger partial charge in [-0.1, -0.05) is 71.3 Å². The number of benzene rings is 2. The van der Waals surface area contributed by atoms with Gasteiger partial charge < -0.3 is 20.7 Å². The van der Waals surface area contributed by atoms with Crippen molar-refractivity contribution in [2.45, 2.75) is 118 Å². The van der Waals surface area contributed by atoms with Crippen molar-refractivity contribution in [3.8, 4) is 5.75 Å². The van der Waals surface area contributed by atoms with Crippen molar-refractivity contribution in [1.29, 1.82) is 5.41 Å². The number of hydrogen-bond donors (Lipinski definition) is 4. The number of halogens is 1. The van der Waals surface area contributed by atoms with E-state index in [1.807, 2.05) is 44.2 Å². The van der Waals surface area contributed by atoms with Gasteiger partial charge in [0.1, 0.15) is 17.6 Å². The van der Waals surface area contributed by atoms with Crippen molar-refractivity contribution >= 4 is 29.3 Å². The molecule has 4 rings (SSSR count). The minimum Gasteiger partial charge on any atom is -0.489 e. The highest BCUT2D eigenvalue weighted by Crippen LogP contribution is 2.50. The van der Waals surface area contributed by atoms with E-state index in [9.17, 15) is 9.59 Å². The first kappa shape index (κ1) is 35.7. The van der Waals surface area contributed by atoms with Gasteiger partial charge in [-0.05, 0) is 105 Å². The van der Waals surface area contributed by atoms with Gasteiger partial charge in [0.25, 0.3) is 5.91 Å². The molecule has 2 aliphatic rings. The van der Waals surface area contributed by atoms with E-state index >= 15 is 0 Å². The maximum Gasteiger partial charge on any atom is 0.251 e. The lowest BCUT2D eigenvalue weighted by Gasteiger charge is -2.49. The zero-order valence-electron chi connectivity index (χ0n) is 28.9. The molecule has 0 bridgehead atoms. The molecule has 9 heteroatoms. The summed E-state index contributed by atoms with van der Waals surface area (Å²) in [6.07, 6.45) is 5.45. The van der Waals surface area contributed by atoms with Crippen molar-refractivity contribution in [1.82, 2.24) is 15.5 Å². The SMILES string of the molecule is CC(C)Oc1ccc(C2NC3(CCC(C(C)(C)C)CC3)N(C(CCC(C)(C)C)c3ccc(C(=O)NCC(=N)N)cc3)C2=O)cc1Cl. The average Bonchev–Trinajstić information content (AvgIpc) is 3.23. The molecule has 1 heterocycles. The third kappa shape index (κ3) is 8.43. The fourth-order valence-corrected chi connectivity index (χ4v) is 7.20. The van der Waals surface area contributed by atoms with E-state index in [1.54, 1.807) is 12.1 Å². The van der Waals surface area contributed by atoms with Gasteiger partial charge in [-0.15, -0.1) is 0 Å². The van der Waals surface area contributed by atoms with Crippen LogP contribution in [0.3, 0.4) is 0 Å². The monoisotopic (exact) mass is 651 g/mol. The van der Waals surface area contributed by atoms with Crippen LogP contribution in [0, 0.1) is 22.2 Å². The second-order valence-electron chi connectivity index (χ2n) is 15.8. The quantitative estimate of drug-likeness (QED) is 0.155. The maximum atomic E-state index is 14.8. The maximum absolute atomic E-state index is 14.8. The number of nitrogens with two attached hydrogens (primary N) is 1. The number of amides is 2. The number of rotatable bonds is 10. The van der Waals surface area contributed by atoms with Crippen LogP contribution in [0.4, 0.5) is 0 Å². The van der Waals surface area contributed by atoms with E-state index in [0.717, 1.165) is 49.7 Å². The average molecular weight is 652 g/mol. The summed E-state index contributed by atoms with van der Waals surface area (Å²) in [4.78, 5) is 29.6. The first-order valence-corrected chi connectivity index (χ1v) is 17.1. The number of hydrogen-bond acceptors (Lipinski definition) is 5. The van der Waals surface area contributed by atoms with E-state index in [-0.39, 0.29) is 47.2 Å². The zero-order chi connectivity index (χ0) is 34.0. The topological polar surface area (TPSA) is 121 Å². The van der Waals surface area contributed by atoms with E-state index < -0.39 is 11.7 Å². The molecule has 1 aliphatic heterocycles. The molecular formula is C37H54ClN5O3. The van der Waals surface area contributed by atoms with Crippen LogP contribution in [0.15, 0.2) is 42.5 Å². The molecule has 5 N–H and O–H groups in total. The van der Waals surface area contributed by atoms with Crippen molar-refractivity contribution in [3.05, 3.63) is 64.2 Å². The molecule has 46 heavy (non-hydrogen) atoms. The second kappa shape index (κ2) is 13.9. The fourth-order valence-electron chi connectivity index (χ4n) is 6.97. The summed E-state index contributed by atoms with van der Waals surface area (Å²) < 4.78 is 5.88. The molecule has 2 amide bonds. The lowest BCUT2D eigenvalue weighted by molar-refractivity contribution is -0.137. The summed E-state index contributed by atoms with van der Waals surface area (Å²) in [5.41, 5.74) is 7.50. The Bertz CT molecular complexity index is 1400. The summed E-state index contributed by atoms with van der Waals surface area (Å²) in [5, 5.41) is 14.5. The van der Waals surface area contributed by atoms with E-state index in [1.165, 1.54) is 0 Å².